The summed E-state index contributed by atoms with van der Waals surface area (Å²) >= 11 is 0. The molecule has 7 heteroatoms. The Morgan fingerprint density at radius 3 is 2.36 bits per heavy atom. The second kappa shape index (κ2) is 11.5. The minimum atomic E-state index is -1.19. The van der Waals surface area contributed by atoms with Gasteiger partial charge in [0.2, 0.25) is 5.91 Å². The number of para-hydroxylation sites is 1. The first-order valence-electron chi connectivity index (χ1n) is 11.8. The van der Waals surface area contributed by atoms with Crippen molar-refractivity contribution in [1.29, 1.82) is 0 Å². The lowest BCUT2D eigenvalue weighted by Gasteiger charge is -2.42. The second-order valence-electron chi connectivity index (χ2n) is 10.2. The number of anilines is 1. The van der Waals surface area contributed by atoms with Crippen molar-refractivity contribution in [2.45, 2.75) is 45.1 Å². The van der Waals surface area contributed by atoms with Crippen LogP contribution in [0.4, 0.5) is 10.5 Å². The van der Waals surface area contributed by atoms with Gasteiger partial charge in [0.05, 0.1) is 5.41 Å². The summed E-state index contributed by atoms with van der Waals surface area (Å²) in [5.74, 6) is -0.0465. The van der Waals surface area contributed by atoms with Crippen molar-refractivity contribution in [3.05, 3.63) is 66.2 Å². The summed E-state index contributed by atoms with van der Waals surface area (Å²) in [6.07, 6.45) is 1.16. The lowest BCUT2D eigenvalue weighted by Crippen LogP contribution is -2.55. The predicted octanol–water partition coefficient (Wildman–Crippen LogP) is 4.97. The molecular formula is C26H37N3O3Si. The summed E-state index contributed by atoms with van der Waals surface area (Å²) in [4.78, 5) is 28.3. The van der Waals surface area contributed by atoms with E-state index in [2.05, 4.69) is 35.2 Å². The summed E-state index contributed by atoms with van der Waals surface area (Å²) in [5, 5.41) is 5.96. The fourth-order valence-corrected chi connectivity index (χ4v) is 5.11. The quantitative estimate of drug-likeness (QED) is 0.511. The van der Waals surface area contributed by atoms with Crippen molar-refractivity contribution >= 4 is 25.8 Å². The summed E-state index contributed by atoms with van der Waals surface area (Å²) in [5.41, 5.74) is 1.01. The van der Waals surface area contributed by atoms with Gasteiger partial charge in [-0.25, -0.2) is 4.79 Å². The normalized spacial score (nSPS) is 19.0. The zero-order valence-corrected chi connectivity index (χ0v) is 21.1. The van der Waals surface area contributed by atoms with E-state index in [1.54, 1.807) is 0 Å². The zero-order valence-electron chi connectivity index (χ0n) is 20.1. The number of nitrogens with one attached hydrogen (secondary N) is 2. The number of rotatable bonds is 9. The number of hydrogen-bond acceptors (Lipinski definition) is 4. The summed E-state index contributed by atoms with van der Waals surface area (Å²) in [6.45, 7) is 10.2. The molecule has 0 saturated carbocycles. The molecule has 2 aromatic rings. The molecule has 1 fully saturated rings. The third-order valence-corrected chi connectivity index (χ3v) is 7.85. The molecule has 0 bridgehead atoms. The third-order valence-electron chi connectivity index (χ3n) is 6.13. The van der Waals surface area contributed by atoms with Crippen LogP contribution in [-0.2, 0) is 16.1 Å². The van der Waals surface area contributed by atoms with Gasteiger partial charge in [-0.1, -0.05) is 68.2 Å². The van der Waals surface area contributed by atoms with E-state index in [1.807, 2.05) is 60.7 Å². The Hall–Kier alpha value is -2.64. The van der Waals surface area contributed by atoms with Crippen LogP contribution in [-0.4, -0.2) is 51.2 Å². The molecule has 1 atom stereocenters. The van der Waals surface area contributed by atoms with Crippen molar-refractivity contribution in [3.8, 4) is 0 Å². The van der Waals surface area contributed by atoms with E-state index in [-0.39, 0.29) is 19.1 Å². The van der Waals surface area contributed by atoms with Crippen molar-refractivity contribution in [2.75, 3.05) is 31.5 Å². The first-order valence-corrected chi connectivity index (χ1v) is 15.5. The van der Waals surface area contributed by atoms with Gasteiger partial charge in [0.1, 0.15) is 6.61 Å². The number of alkyl carbamates (subject to hydrolysis) is 1. The van der Waals surface area contributed by atoms with Crippen LogP contribution in [0.3, 0.4) is 0 Å². The number of nitrogens with zero attached hydrogens (tertiary/aromatic N) is 1. The van der Waals surface area contributed by atoms with E-state index in [9.17, 15) is 9.59 Å². The average molecular weight is 468 g/mol. The fraction of sp³-hybridized carbons (Fsp3) is 0.462. The Balaban J connectivity index is 1.66. The number of piperidine rings is 1. The van der Waals surface area contributed by atoms with Gasteiger partial charge in [-0.2, -0.15) is 0 Å². The van der Waals surface area contributed by atoms with Crippen LogP contribution < -0.4 is 10.6 Å². The maximum atomic E-state index is 13.5. The molecule has 0 radical (unpaired) electrons. The second-order valence-corrected chi connectivity index (χ2v) is 15.8. The van der Waals surface area contributed by atoms with E-state index in [1.165, 1.54) is 6.04 Å². The van der Waals surface area contributed by atoms with E-state index in [0.29, 0.717) is 6.54 Å². The minimum absolute atomic E-state index is 0.0465. The van der Waals surface area contributed by atoms with Gasteiger partial charge in [-0.15, -0.1) is 0 Å². The minimum Gasteiger partial charge on any atom is -0.445 e. The zero-order chi connectivity index (χ0) is 23.7. The molecule has 0 aliphatic carbocycles. The molecule has 0 spiro atoms. The Labute approximate surface area is 198 Å². The number of amides is 2. The lowest BCUT2D eigenvalue weighted by atomic mass is 9.78. The first kappa shape index (κ1) is 25.0. The maximum absolute atomic E-state index is 13.5. The maximum Gasteiger partial charge on any atom is 0.407 e. The van der Waals surface area contributed by atoms with Crippen LogP contribution in [0.5, 0.6) is 0 Å². The van der Waals surface area contributed by atoms with Gasteiger partial charge in [0, 0.05) is 26.9 Å². The standard InChI is InChI=1S/C26H37N3O3Si/c1-33(2,3)18-17-29-16-10-15-26(21-29,24(30)28-23-13-8-5-9-14-23)20-27-25(31)32-19-22-11-6-4-7-12-22/h4-9,11-14H,10,15-21H2,1-3H3,(H,27,31)(H,28,30). The molecule has 6 nitrogen and oxygen atoms in total. The fourth-order valence-electron chi connectivity index (χ4n) is 4.12. The number of carbonyl (C=O) groups excluding carboxylic acids is 2. The van der Waals surface area contributed by atoms with Gasteiger partial charge in [-0.3, -0.25) is 4.79 Å². The number of carbonyl (C=O) groups is 2. The van der Waals surface area contributed by atoms with E-state index < -0.39 is 19.6 Å². The molecule has 2 N–H and O–H groups in total. The molecule has 1 aliphatic heterocycles. The Morgan fingerprint density at radius 1 is 1.03 bits per heavy atom. The monoisotopic (exact) mass is 467 g/mol. The number of hydrogen-bond donors (Lipinski definition) is 2. The van der Waals surface area contributed by atoms with Crippen LogP contribution in [0.25, 0.3) is 0 Å². The average Bonchev–Trinajstić information content (AvgIpc) is 2.81. The largest absolute Gasteiger partial charge is 0.445 e. The van der Waals surface area contributed by atoms with E-state index in [0.717, 1.165) is 37.2 Å². The van der Waals surface area contributed by atoms with Crippen molar-refractivity contribution in [3.63, 3.8) is 0 Å². The van der Waals surface area contributed by atoms with Gasteiger partial charge in [-0.05, 0) is 49.7 Å². The highest BCUT2D eigenvalue weighted by Crippen LogP contribution is 2.32. The Kier molecular flexibility index (Phi) is 8.69. The number of benzene rings is 2. The van der Waals surface area contributed by atoms with Crippen molar-refractivity contribution < 1.29 is 14.3 Å². The predicted molar refractivity (Wildman–Crippen MR) is 136 cm³/mol. The van der Waals surface area contributed by atoms with Crippen LogP contribution in [0.15, 0.2) is 60.7 Å². The van der Waals surface area contributed by atoms with Crippen molar-refractivity contribution in [2.24, 2.45) is 5.41 Å². The van der Waals surface area contributed by atoms with Crippen molar-refractivity contribution in [1.82, 2.24) is 10.2 Å². The highest BCUT2D eigenvalue weighted by Gasteiger charge is 2.42. The van der Waals surface area contributed by atoms with Gasteiger partial charge in [0.15, 0.2) is 0 Å². The molecule has 2 aromatic carbocycles. The van der Waals surface area contributed by atoms with Crippen LogP contribution in [0.2, 0.25) is 25.7 Å². The van der Waals surface area contributed by atoms with Gasteiger partial charge in [0.25, 0.3) is 0 Å². The number of ether oxygens (including phenoxy) is 1. The van der Waals surface area contributed by atoms with Gasteiger partial charge < -0.3 is 20.3 Å². The lowest BCUT2D eigenvalue weighted by molar-refractivity contribution is -0.128. The van der Waals surface area contributed by atoms with Crippen LogP contribution >= 0.6 is 0 Å². The SMILES string of the molecule is C[Si](C)(C)CCN1CCCC(CNC(=O)OCc2ccccc2)(C(=O)Nc2ccccc2)C1. The topological polar surface area (TPSA) is 70.7 Å². The molecule has 3 rings (SSSR count). The first-order chi connectivity index (χ1) is 15.8. The highest BCUT2D eigenvalue weighted by molar-refractivity contribution is 6.76. The molecule has 1 unspecified atom stereocenters. The van der Waals surface area contributed by atoms with Gasteiger partial charge >= 0.3 is 6.09 Å². The van der Waals surface area contributed by atoms with Crippen LogP contribution in [0, 0.1) is 5.41 Å². The molecule has 33 heavy (non-hydrogen) atoms. The molecular weight excluding hydrogens is 430 g/mol. The Morgan fingerprint density at radius 2 is 1.70 bits per heavy atom. The summed E-state index contributed by atoms with van der Waals surface area (Å²) in [7, 11) is -1.19. The third kappa shape index (κ3) is 8.01. The molecule has 1 aliphatic rings. The van der Waals surface area contributed by atoms with E-state index in [4.69, 9.17) is 4.74 Å². The molecule has 0 aromatic heterocycles. The molecule has 178 valence electrons. The molecule has 1 heterocycles. The summed E-state index contributed by atoms with van der Waals surface area (Å²) in [6, 6.07) is 20.3. The van der Waals surface area contributed by atoms with E-state index >= 15 is 0 Å². The number of likely N-dealkylation sites (tertiary alicyclic amines) is 1. The highest BCUT2D eigenvalue weighted by atomic mass is 28.3. The van der Waals surface area contributed by atoms with Crippen LogP contribution in [0.1, 0.15) is 18.4 Å². The Bertz CT molecular complexity index is 902. The smallest absolute Gasteiger partial charge is 0.407 e. The molecule has 2 amide bonds. The molecule has 1 saturated heterocycles. The summed E-state index contributed by atoms with van der Waals surface area (Å²) < 4.78 is 5.39.